The third-order valence-corrected chi connectivity index (χ3v) is 4.63. The monoisotopic (exact) mass is 563 g/mol. The summed E-state index contributed by atoms with van der Waals surface area (Å²) >= 11 is 5.92. The summed E-state index contributed by atoms with van der Waals surface area (Å²) in [5.41, 5.74) is 10.8. The standard InChI is InChI=1S/C18H14ClN5.2C2HF3O2/c19-14-3-1-12(2-4-14)16(20)18-23-15-9-13(10-22-17(15)24-18)11-5-7-21-8-6-11;2*3-2(4,5)1(6)7/h1-10,16H,20H2,(H,22,23,24);2*(H,6,7). The summed E-state index contributed by atoms with van der Waals surface area (Å²) in [4.78, 5) is 34.0. The average molecular weight is 564 g/mol. The highest BCUT2D eigenvalue weighted by molar-refractivity contribution is 6.30. The molecule has 3 heterocycles. The number of nitrogens with zero attached hydrogens (tertiary/aromatic N) is 3. The Morgan fingerprint density at radius 1 is 0.895 bits per heavy atom. The number of aliphatic carboxylic acids is 2. The average Bonchev–Trinajstić information content (AvgIpc) is 3.28. The molecular formula is C22H16ClF6N5O4. The number of aromatic nitrogens is 4. The fraction of sp³-hybridized carbons (Fsp3) is 0.136. The molecule has 0 amide bonds. The van der Waals surface area contributed by atoms with Crippen molar-refractivity contribution in [2.45, 2.75) is 18.4 Å². The van der Waals surface area contributed by atoms with Crippen LogP contribution < -0.4 is 5.73 Å². The van der Waals surface area contributed by atoms with Crippen molar-refractivity contribution in [3.05, 3.63) is 77.5 Å². The predicted molar refractivity (Wildman–Crippen MR) is 122 cm³/mol. The van der Waals surface area contributed by atoms with Crippen LogP contribution in [0.25, 0.3) is 22.3 Å². The third-order valence-electron chi connectivity index (χ3n) is 4.38. The van der Waals surface area contributed by atoms with Crippen molar-refractivity contribution in [1.29, 1.82) is 0 Å². The topological polar surface area (TPSA) is 155 Å². The van der Waals surface area contributed by atoms with Crippen molar-refractivity contribution < 1.29 is 46.1 Å². The third kappa shape index (κ3) is 8.70. The first-order valence-electron chi connectivity index (χ1n) is 9.97. The van der Waals surface area contributed by atoms with Crippen LogP contribution in [0.1, 0.15) is 17.4 Å². The summed E-state index contributed by atoms with van der Waals surface area (Å²) in [6.07, 6.45) is -4.85. The van der Waals surface area contributed by atoms with E-state index < -0.39 is 24.3 Å². The molecule has 4 aromatic rings. The molecule has 0 aliphatic carbocycles. The number of pyridine rings is 2. The fourth-order valence-electron chi connectivity index (χ4n) is 2.60. The van der Waals surface area contributed by atoms with E-state index in [0.29, 0.717) is 16.5 Å². The van der Waals surface area contributed by atoms with Crippen molar-refractivity contribution >= 4 is 34.7 Å². The number of fused-ring (bicyclic) bond motifs is 1. The number of imidazole rings is 1. The van der Waals surface area contributed by atoms with E-state index in [1.54, 1.807) is 18.6 Å². The number of nitrogens with one attached hydrogen (secondary N) is 1. The number of alkyl halides is 6. The molecule has 0 bridgehead atoms. The molecule has 0 radical (unpaired) electrons. The van der Waals surface area contributed by atoms with Gasteiger partial charge in [-0.3, -0.25) is 4.98 Å². The van der Waals surface area contributed by atoms with Crippen LogP contribution in [0.15, 0.2) is 61.1 Å². The number of carboxylic acid groups (broad SMARTS) is 2. The lowest BCUT2D eigenvalue weighted by molar-refractivity contribution is -0.193. The largest absolute Gasteiger partial charge is 0.490 e. The van der Waals surface area contributed by atoms with Crippen molar-refractivity contribution in [3.8, 4) is 11.1 Å². The van der Waals surface area contributed by atoms with Gasteiger partial charge in [0.2, 0.25) is 0 Å². The normalized spacial score (nSPS) is 12.0. The number of rotatable bonds is 3. The molecule has 3 aromatic heterocycles. The first-order valence-corrected chi connectivity index (χ1v) is 10.3. The van der Waals surface area contributed by atoms with Gasteiger partial charge in [0.25, 0.3) is 0 Å². The molecule has 202 valence electrons. The van der Waals surface area contributed by atoms with E-state index in [2.05, 4.69) is 19.9 Å². The van der Waals surface area contributed by atoms with Gasteiger partial charge >= 0.3 is 24.3 Å². The molecule has 9 nitrogen and oxygen atoms in total. The summed E-state index contributed by atoms with van der Waals surface area (Å²) in [5, 5.41) is 14.9. The summed E-state index contributed by atoms with van der Waals surface area (Å²) in [6.45, 7) is 0. The van der Waals surface area contributed by atoms with Crippen LogP contribution in [0.2, 0.25) is 5.02 Å². The molecule has 38 heavy (non-hydrogen) atoms. The molecule has 0 spiro atoms. The molecule has 16 heteroatoms. The van der Waals surface area contributed by atoms with Crippen LogP contribution in [-0.4, -0.2) is 54.4 Å². The Kier molecular flexibility index (Phi) is 9.73. The number of hydrogen-bond acceptors (Lipinski definition) is 6. The first-order chi connectivity index (χ1) is 17.6. The summed E-state index contributed by atoms with van der Waals surface area (Å²) in [5.74, 6) is -4.84. The van der Waals surface area contributed by atoms with E-state index in [4.69, 9.17) is 37.1 Å². The van der Waals surface area contributed by atoms with E-state index in [9.17, 15) is 26.3 Å². The Labute approximate surface area is 213 Å². The number of nitrogens with two attached hydrogens (primary N) is 1. The Hall–Kier alpha value is -4.24. The molecule has 1 aromatic carbocycles. The number of halogens is 7. The first kappa shape index (κ1) is 30.0. The highest BCUT2D eigenvalue weighted by Gasteiger charge is 2.38. The van der Waals surface area contributed by atoms with Crippen molar-refractivity contribution in [2.24, 2.45) is 5.73 Å². The molecule has 1 atom stereocenters. The lowest BCUT2D eigenvalue weighted by Gasteiger charge is -2.08. The van der Waals surface area contributed by atoms with Gasteiger partial charge in [0.15, 0.2) is 5.65 Å². The van der Waals surface area contributed by atoms with Crippen LogP contribution in [0.3, 0.4) is 0 Å². The molecule has 5 N–H and O–H groups in total. The van der Waals surface area contributed by atoms with E-state index in [1.807, 2.05) is 42.5 Å². The molecule has 0 saturated heterocycles. The lowest BCUT2D eigenvalue weighted by atomic mass is 10.1. The maximum absolute atomic E-state index is 10.6. The van der Waals surface area contributed by atoms with Crippen LogP contribution in [0.4, 0.5) is 26.3 Å². The maximum Gasteiger partial charge on any atom is 0.490 e. The Morgan fingerprint density at radius 2 is 1.39 bits per heavy atom. The molecule has 1 unspecified atom stereocenters. The van der Waals surface area contributed by atoms with Crippen LogP contribution in [0.5, 0.6) is 0 Å². The van der Waals surface area contributed by atoms with E-state index in [0.717, 1.165) is 22.2 Å². The Morgan fingerprint density at radius 3 is 1.87 bits per heavy atom. The number of carbonyl (C=O) groups is 2. The fourth-order valence-corrected chi connectivity index (χ4v) is 2.72. The predicted octanol–water partition coefficient (Wildman–Crippen LogP) is 4.99. The highest BCUT2D eigenvalue weighted by Crippen LogP contribution is 2.24. The van der Waals surface area contributed by atoms with Crippen molar-refractivity contribution in [3.63, 3.8) is 0 Å². The van der Waals surface area contributed by atoms with Gasteiger partial charge in [-0.15, -0.1) is 0 Å². The minimum atomic E-state index is -5.08. The molecule has 0 saturated carbocycles. The SMILES string of the molecule is NC(c1ccc(Cl)cc1)c1nc2ncc(-c3ccncc3)cc2[nH]1.O=C(O)C(F)(F)F.O=C(O)C(F)(F)F. The van der Waals surface area contributed by atoms with Crippen LogP contribution >= 0.6 is 11.6 Å². The zero-order valence-electron chi connectivity index (χ0n) is 18.6. The van der Waals surface area contributed by atoms with Crippen molar-refractivity contribution in [1.82, 2.24) is 19.9 Å². The van der Waals surface area contributed by atoms with Crippen molar-refractivity contribution in [2.75, 3.05) is 0 Å². The van der Waals surface area contributed by atoms with Crippen LogP contribution in [0, 0.1) is 0 Å². The van der Waals surface area contributed by atoms with Gasteiger partial charge in [-0.1, -0.05) is 23.7 Å². The zero-order valence-corrected chi connectivity index (χ0v) is 19.4. The van der Waals surface area contributed by atoms with E-state index >= 15 is 0 Å². The number of benzene rings is 1. The Bertz CT molecular complexity index is 1360. The minimum absolute atomic E-state index is 0.360. The van der Waals surface area contributed by atoms with Crippen LogP contribution in [-0.2, 0) is 9.59 Å². The molecule has 0 fully saturated rings. The molecule has 4 rings (SSSR count). The van der Waals surface area contributed by atoms with Gasteiger partial charge in [-0.25, -0.2) is 19.6 Å². The van der Waals surface area contributed by atoms with Gasteiger partial charge in [0.05, 0.1) is 11.6 Å². The number of carboxylic acids is 2. The highest BCUT2D eigenvalue weighted by atomic mass is 35.5. The van der Waals surface area contributed by atoms with Gasteiger partial charge in [0, 0.05) is 29.2 Å². The van der Waals surface area contributed by atoms with Gasteiger partial charge in [0.1, 0.15) is 5.82 Å². The maximum atomic E-state index is 10.6. The van der Waals surface area contributed by atoms with E-state index in [-0.39, 0.29) is 6.04 Å². The summed E-state index contributed by atoms with van der Waals surface area (Å²) in [7, 11) is 0. The summed E-state index contributed by atoms with van der Waals surface area (Å²) < 4.78 is 63.5. The Balaban J connectivity index is 0.000000301. The quantitative estimate of drug-likeness (QED) is 0.254. The number of hydrogen-bond donors (Lipinski definition) is 4. The number of H-pyrrole nitrogens is 1. The van der Waals surface area contributed by atoms with Gasteiger partial charge < -0.3 is 20.9 Å². The second kappa shape index (κ2) is 12.3. The molecule has 0 aliphatic rings. The summed E-state index contributed by atoms with van der Waals surface area (Å²) in [6, 6.07) is 13.0. The smallest absolute Gasteiger partial charge is 0.475 e. The lowest BCUT2D eigenvalue weighted by Crippen LogP contribution is -2.21. The molecule has 0 aliphatic heterocycles. The zero-order chi connectivity index (χ0) is 28.7. The molecular weight excluding hydrogens is 548 g/mol. The van der Waals surface area contributed by atoms with E-state index in [1.165, 1.54) is 0 Å². The van der Waals surface area contributed by atoms with Gasteiger partial charge in [-0.05, 0) is 41.5 Å². The van der Waals surface area contributed by atoms with Gasteiger partial charge in [-0.2, -0.15) is 26.3 Å². The second-order valence-corrected chi connectivity index (χ2v) is 7.52. The second-order valence-electron chi connectivity index (χ2n) is 7.09. The minimum Gasteiger partial charge on any atom is -0.475 e. The number of aromatic amines is 1.